The van der Waals surface area contributed by atoms with Crippen molar-refractivity contribution in [2.45, 2.75) is 0 Å². The lowest BCUT2D eigenvalue weighted by molar-refractivity contribution is 0.432. The van der Waals surface area contributed by atoms with E-state index in [0.29, 0.717) is 33.3 Å². The lowest BCUT2D eigenvalue weighted by Crippen LogP contribution is -2.35. The Hall–Kier alpha value is -3.18. The standard InChI is InChI=1S/C19H11ClN2O3/c20-13-5-1-12(2-6-13)16-17(19(24)18(16)23)22-14-7-3-11(4-8-14)15-9-10-21-25-15/h1-10,22H. The molecular weight excluding hydrogens is 340 g/mol. The quantitative estimate of drug-likeness (QED) is 0.563. The van der Waals surface area contributed by atoms with Gasteiger partial charge in [-0.15, -0.1) is 0 Å². The van der Waals surface area contributed by atoms with E-state index in [1.165, 1.54) is 0 Å². The normalized spacial score (nSPS) is 10.9. The van der Waals surface area contributed by atoms with Crippen LogP contribution in [0.4, 0.5) is 11.4 Å². The second kappa shape index (κ2) is 6.03. The summed E-state index contributed by atoms with van der Waals surface area (Å²) in [7, 11) is 0. The van der Waals surface area contributed by atoms with Crippen LogP contribution in [0.2, 0.25) is 5.02 Å². The number of nitrogens with zero attached hydrogens (tertiary/aromatic N) is 1. The molecule has 0 saturated carbocycles. The van der Waals surface area contributed by atoms with Crippen molar-refractivity contribution in [1.29, 1.82) is 0 Å². The van der Waals surface area contributed by atoms with E-state index in [4.69, 9.17) is 16.1 Å². The summed E-state index contributed by atoms with van der Waals surface area (Å²) in [5.41, 5.74) is 1.87. The summed E-state index contributed by atoms with van der Waals surface area (Å²) < 4.78 is 5.10. The third-order valence-corrected chi connectivity index (χ3v) is 4.17. The predicted octanol–water partition coefficient (Wildman–Crippen LogP) is 4.00. The second-order valence-corrected chi connectivity index (χ2v) is 5.93. The van der Waals surface area contributed by atoms with Crippen molar-refractivity contribution >= 4 is 23.0 Å². The smallest absolute Gasteiger partial charge is 0.250 e. The number of rotatable bonds is 4. The topological polar surface area (TPSA) is 72.2 Å². The molecule has 6 heteroatoms. The molecule has 0 spiro atoms. The first kappa shape index (κ1) is 15.4. The van der Waals surface area contributed by atoms with Crippen LogP contribution >= 0.6 is 11.6 Å². The van der Waals surface area contributed by atoms with Crippen molar-refractivity contribution in [3.8, 4) is 22.5 Å². The van der Waals surface area contributed by atoms with Crippen LogP contribution in [-0.4, -0.2) is 5.16 Å². The average Bonchev–Trinajstić information content (AvgIpc) is 3.18. The van der Waals surface area contributed by atoms with Crippen LogP contribution in [0.25, 0.3) is 22.5 Å². The molecule has 122 valence electrons. The Morgan fingerprint density at radius 2 is 1.52 bits per heavy atom. The molecule has 1 aromatic heterocycles. The lowest BCUT2D eigenvalue weighted by atomic mass is 9.98. The third-order valence-electron chi connectivity index (χ3n) is 3.92. The molecule has 1 N–H and O–H groups in total. The Morgan fingerprint density at radius 3 is 2.16 bits per heavy atom. The van der Waals surface area contributed by atoms with Crippen LogP contribution in [0.15, 0.2) is 74.9 Å². The van der Waals surface area contributed by atoms with Crippen molar-refractivity contribution in [2.24, 2.45) is 0 Å². The molecule has 0 radical (unpaired) electrons. The maximum Gasteiger partial charge on any atom is 0.250 e. The van der Waals surface area contributed by atoms with Gasteiger partial charge in [0.2, 0.25) is 5.43 Å². The van der Waals surface area contributed by atoms with Gasteiger partial charge in [0.25, 0.3) is 5.43 Å². The van der Waals surface area contributed by atoms with E-state index in [2.05, 4.69) is 10.5 Å². The first-order valence-electron chi connectivity index (χ1n) is 7.51. The minimum absolute atomic E-state index is 0.291. The molecule has 5 nitrogen and oxygen atoms in total. The molecule has 0 atom stereocenters. The molecule has 0 fully saturated rings. The molecule has 0 amide bonds. The number of anilines is 2. The van der Waals surface area contributed by atoms with Gasteiger partial charge >= 0.3 is 0 Å². The molecule has 1 heterocycles. The van der Waals surface area contributed by atoms with Gasteiger partial charge in [-0.25, -0.2) is 0 Å². The number of hydrogen-bond donors (Lipinski definition) is 1. The average molecular weight is 351 g/mol. The zero-order chi connectivity index (χ0) is 17.4. The SMILES string of the molecule is O=c1c(Nc2ccc(-c3ccno3)cc2)c(-c2ccc(Cl)cc2)c1=O. The Kier molecular flexibility index (Phi) is 3.71. The zero-order valence-electron chi connectivity index (χ0n) is 12.8. The first-order valence-corrected chi connectivity index (χ1v) is 7.88. The van der Waals surface area contributed by atoms with E-state index in [9.17, 15) is 9.59 Å². The highest BCUT2D eigenvalue weighted by molar-refractivity contribution is 6.30. The fraction of sp³-hybridized carbons (Fsp3) is 0. The molecule has 4 rings (SSSR count). The number of hydrogen-bond acceptors (Lipinski definition) is 5. The van der Waals surface area contributed by atoms with Crippen LogP contribution in [0, 0.1) is 0 Å². The predicted molar refractivity (Wildman–Crippen MR) is 97.0 cm³/mol. The molecule has 0 bridgehead atoms. The zero-order valence-corrected chi connectivity index (χ0v) is 13.6. The van der Waals surface area contributed by atoms with Gasteiger partial charge in [-0.3, -0.25) is 9.59 Å². The van der Waals surface area contributed by atoms with Gasteiger partial charge in [0.05, 0.1) is 11.8 Å². The summed E-state index contributed by atoms with van der Waals surface area (Å²) in [4.78, 5) is 23.9. The van der Waals surface area contributed by atoms with Crippen molar-refractivity contribution in [2.75, 3.05) is 5.32 Å². The summed E-state index contributed by atoms with van der Waals surface area (Å²) in [6, 6.07) is 15.9. The van der Waals surface area contributed by atoms with Crippen molar-refractivity contribution in [3.05, 3.63) is 86.3 Å². The summed E-state index contributed by atoms with van der Waals surface area (Å²) in [5, 5.41) is 7.26. The Bertz CT molecular complexity index is 1090. The molecule has 25 heavy (non-hydrogen) atoms. The number of nitrogens with one attached hydrogen (secondary N) is 1. The van der Waals surface area contributed by atoms with E-state index < -0.39 is 10.9 Å². The van der Waals surface area contributed by atoms with Gasteiger partial charge in [0.15, 0.2) is 5.76 Å². The van der Waals surface area contributed by atoms with E-state index in [0.717, 1.165) is 5.56 Å². The van der Waals surface area contributed by atoms with E-state index in [-0.39, 0.29) is 0 Å². The molecule has 0 unspecified atom stereocenters. The summed E-state index contributed by atoms with van der Waals surface area (Å²) in [6.07, 6.45) is 1.57. The van der Waals surface area contributed by atoms with Crippen LogP contribution in [0.5, 0.6) is 0 Å². The van der Waals surface area contributed by atoms with Gasteiger partial charge < -0.3 is 9.84 Å². The molecule has 4 aromatic rings. The Balaban J connectivity index is 1.64. The van der Waals surface area contributed by atoms with Crippen molar-refractivity contribution < 1.29 is 4.52 Å². The second-order valence-electron chi connectivity index (χ2n) is 5.49. The highest BCUT2D eigenvalue weighted by atomic mass is 35.5. The third kappa shape index (κ3) is 2.75. The van der Waals surface area contributed by atoms with Crippen molar-refractivity contribution in [1.82, 2.24) is 5.16 Å². The van der Waals surface area contributed by atoms with Gasteiger partial charge in [-0.2, -0.15) is 0 Å². The highest BCUT2D eigenvalue weighted by Gasteiger charge is 2.22. The molecule has 0 aliphatic carbocycles. The minimum atomic E-state index is -0.524. The largest absolute Gasteiger partial charge is 0.356 e. The van der Waals surface area contributed by atoms with E-state index >= 15 is 0 Å². The van der Waals surface area contributed by atoms with Crippen LogP contribution in [0.3, 0.4) is 0 Å². The summed E-state index contributed by atoms with van der Waals surface area (Å²) in [5.74, 6) is 0.655. The Morgan fingerprint density at radius 1 is 0.840 bits per heavy atom. The van der Waals surface area contributed by atoms with E-state index in [1.54, 1.807) is 48.7 Å². The van der Waals surface area contributed by atoms with Crippen LogP contribution in [-0.2, 0) is 0 Å². The molecule has 0 saturated heterocycles. The van der Waals surface area contributed by atoms with Gasteiger partial charge in [0.1, 0.15) is 5.69 Å². The van der Waals surface area contributed by atoms with Gasteiger partial charge in [-0.1, -0.05) is 28.9 Å². The summed E-state index contributed by atoms with van der Waals surface area (Å²) in [6.45, 7) is 0. The number of halogens is 1. The minimum Gasteiger partial charge on any atom is -0.356 e. The fourth-order valence-electron chi connectivity index (χ4n) is 2.63. The fourth-order valence-corrected chi connectivity index (χ4v) is 2.76. The van der Waals surface area contributed by atoms with Gasteiger partial charge in [0, 0.05) is 22.3 Å². The lowest BCUT2D eigenvalue weighted by Gasteiger charge is -2.13. The molecule has 3 aromatic carbocycles. The maximum absolute atomic E-state index is 12.0. The molecule has 0 aliphatic heterocycles. The monoisotopic (exact) mass is 350 g/mol. The molecular formula is C19H11ClN2O3. The van der Waals surface area contributed by atoms with Crippen LogP contribution < -0.4 is 16.2 Å². The van der Waals surface area contributed by atoms with E-state index in [1.807, 2.05) is 12.1 Å². The number of benzene rings is 2. The highest BCUT2D eigenvalue weighted by Crippen LogP contribution is 2.28. The van der Waals surface area contributed by atoms with Crippen molar-refractivity contribution in [3.63, 3.8) is 0 Å². The number of aromatic nitrogens is 1. The molecule has 0 aliphatic rings. The maximum atomic E-state index is 12.0. The summed E-state index contributed by atoms with van der Waals surface area (Å²) >= 11 is 5.87. The first-order chi connectivity index (χ1) is 12.1. The Labute approximate surface area is 147 Å². The van der Waals surface area contributed by atoms with Crippen LogP contribution in [0.1, 0.15) is 0 Å². The van der Waals surface area contributed by atoms with Gasteiger partial charge in [-0.05, 0) is 42.0 Å².